The average molecular weight is 155 g/mol. The highest BCUT2D eigenvalue weighted by Crippen LogP contribution is 2.51. The van der Waals surface area contributed by atoms with Crippen LogP contribution in [0.15, 0.2) is 0 Å². The van der Waals surface area contributed by atoms with E-state index in [-0.39, 0.29) is 5.92 Å². The van der Waals surface area contributed by atoms with Gasteiger partial charge in [-0.2, -0.15) is 0 Å². The average Bonchev–Trinajstić information content (AvgIpc) is 2.48. The molecule has 2 unspecified atom stereocenters. The quantitative estimate of drug-likeness (QED) is 0.622. The number of hydrogen-bond acceptors (Lipinski definition) is 2. The number of piperidine rings is 1. The van der Waals surface area contributed by atoms with E-state index in [0.29, 0.717) is 11.8 Å². The van der Waals surface area contributed by atoms with E-state index in [1.165, 1.54) is 0 Å². The Hall–Kier alpha value is -0.570. The van der Waals surface area contributed by atoms with Gasteiger partial charge in [-0.15, -0.1) is 0 Å². The number of carboxylic acids is 1. The summed E-state index contributed by atoms with van der Waals surface area (Å²) in [5.74, 6) is 0.369. The monoisotopic (exact) mass is 155 g/mol. The van der Waals surface area contributed by atoms with Crippen molar-refractivity contribution in [3.8, 4) is 0 Å². The highest BCUT2D eigenvalue weighted by atomic mass is 16.4. The molecule has 1 N–H and O–H groups in total. The van der Waals surface area contributed by atoms with Crippen molar-refractivity contribution in [2.75, 3.05) is 19.6 Å². The van der Waals surface area contributed by atoms with E-state index < -0.39 is 5.97 Å². The first-order valence-electron chi connectivity index (χ1n) is 4.19. The number of nitrogens with zero attached hydrogens (tertiary/aromatic N) is 1. The molecule has 0 aromatic carbocycles. The van der Waals surface area contributed by atoms with E-state index in [1.807, 2.05) is 0 Å². The minimum atomic E-state index is -0.587. The maximum Gasteiger partial charge on any atom is 0.307 e. The van der Waals surface area contributed by atoms with E-state index in [9.17, 15) is 4.79 Å². The molecule has 0 radical (unpaired) electrons. The van der Waals surface area contributed by atoms with E-state index in [2.05, 4.69) is 11.8 Å². The molecule has 0 aromatic rings. The van der Waals surface area contributed by atoms with Gasteiger partial charge in [-0.05, 0) is 18.4 Å². The summed E-state index contributed by atoms with van der Waals surface area (Å²) >= 11 is 0. The molecule has 1 heterocycles. The van der Waals surface area contributed by atoms with Crippen LogP contribution in [0.25, 0.3) is 0 Å². The van der Waals surface area contributed by atoms with E-state index in [1.54, 1.807) is 0 Å². The summed E-state index contributed by atoms with van der Waals surface area (Å²) < 4.78 is 0. The fraction of sp³-hybridized carbons (Fsp3) is 0.875. The van der Waals surface area contributed by atoms with Crippen molar-refractivity contribution < 1.29 is 9.90 Å². The van der Waals surface area contributed by atoms with Crippen molar-refractivity contribution in [3.63, 3.8) is 0 Å². The van der Waals surface area contributed by atoms with Crippen LogP contribution in [-0.2, 0) is 4.79 Å². The third-order valence-corrected chi connectivity index (χ3v) is 3.00. The molecule has 11 heavy (non-hydrogen) atoms. The van der Waals surface area contributed by atoms with Gasteiger partial charge < -0.3 is 10.0 Å². The zero-order chi connectivity index (χ0) is 8.01. The standard InChI is InChI=1S/C8H13NO2/c1-2-9-3-5-6(4-9)7(5)8(10)11/h5-7H,2-4H2,1H3,(H,10,11). The van der Waals surface area contributed by atoms with E-state index >= 15 is 0 Å². The molecule has 2 rings (SSSR count). The summed E-state index contributed by atoms with van der Waals surface area (Å²) in [7, 11) is 0. The molecular formula is C8H13NO2. The Labute approximate surface area is 66.0 Å². The zero-order valence-corrected chi connectivity index (χ0v) is 6.66. The number of rotatable bonds is 2. The van der Waals surface area contributed by atoms with E-state index in [4.69, 9.17) is 5.11 Å². The van der Waals surface area contributed by atoms with Gasteiger partial charge in [-0.25, -0.2) is 0 Å². The number of aliphatic carboxylic acids is 1. The van der Waals surface area contributed by atoms with Crippen molar-refractivity contribution in [1.29, 1.82) is 0 Å². The second kappa shape index (κ2) is 2.21. The Kier molecular flexibility index (Phi) is 1.42. The van der Waals surface area contributed by atoms with Gasteiger partial charge in [-0.3, -0.25) is 4.79 Å². The lowest BCUT2D eigenvalue weighted by Crippen LogP contribution is -2.25. The molecule has 0 amide bonds. The normalized spacial score (nSPS) is 42.1. The van der Waals surface area contributed by atoms with Crippen molar-refractivity contribution >= 4 is 5.97 Å². The molecular weight excluding hydrogens is 142 g/mol. The highest BCUT2D eigenvalue weighted by molar-refractivity contribution is 5.74. The first-order chi connectivity index (χ1) is 5.24. The van der Waals surface area contributed by atoms with Gasteiger partial charge in [0.25, 0.3) is 0 Å². The third-order valence-electron chi connectivity index (χ3n) is 3.00. The molecule has 1 aliphatic heterocycles. The fourth-order valence-corrected chi connectivity index (χ4v) is 2.24. The van der Waals surface area contributed by atoms with Crippen LogP contribution in [-0.4, -0.2) is 35.6 Å². The van der Waals surface area contributed by atoms with Crippen LogP contribution in [0.1, 0.15) is 6.92 Å². The summed E-state index contributed by atoms with van der Waals surface area (Å²) in [6.45, 7) is 5.22. The predicted octanol–water partition coefficient (Wildman–Crippen LogP) is 0.269. The smallest absolute Gasteiger partial charge is 0.307 e. The van der Waals surface area contributed by atoms with Crippen molar-refractivity contribution in [3.05, 3.63) is 0 Å². The predicted molar refractivity (Wildman–Crippen MR) is 40.2 cm³/mol. The van der Waals surface area contributed by atoms with Gasteiger partial charge in [-0.1, -0.05) is 6.92 Å². The summed E-state index contributed by atoms with van der Waals surface area (Å²) in [4.78, 5) is 12.9. The molecule has 0 bridgehead atoms. The van der Waals surface area contributed by atoms with Crippen LogP contribution in [0, 0.1) is 17.8 Å². The SMILES string of the molecule is CCN1CC2C(C1)C2C(=O)O. The largest absolute Gasteiger partial charge is 0.481 e. The second-order valence-corrected chi connectivity index (χ2v) is 3.54. The number of fused-ring (bicyclic) bond motifs is 1. The Balaban J connectivity index is 1.90. The Bertz CT molecular complexity index is 181. The van der Waals surface area contributed by atoms with Gasteiger partial charge in [0, 0.05) is 13.1 Å². The molecule has 62 valence electrons. The van der Waals surface area contributed by atoms with Gasteiger partial charge >= 0.3 is 5.97 Å². The minimum absolute atomic E-state index is 0.00204. The van der Waals surface area contributed by atoms with Crippen molar-refractivity contribution in [2.24, 2.45) is 17.8 Å². The van der Waals surface area contributed by atoms with Crippen LogP contribution >= 0.6 is 0 Å². The molecule has 1 saturated heterocycles. The summed E-state index contributed by atoms with van der Waals surface area (Å²) in [5, 5.41) is 8.70. The molecule has 3 heteroatoms. The minimum Gasteiger partial charge on any atom is -0.481 e. The van der Waals surface area contributed by atoms with Crippen LogP contribution < -0.4 is 0 Å². The molecule has 0 spiro atoms. The van der Waals surface area contributed by atoms with Crippen LogP contribution in [0.3, 0.4) is 0 Å². The third kappa shape index (κ3) is 0.948. The lowest BCUT2D eigenvalue weighted by Gasteiger charge is -2.14. The molecule has 2 fully saturated rings. The Morgan fingerprint density at radius 3 is 2.45 bits per heavy atom. The lowest BCUT2D eigenvalue weighted by atomic mass is 10.3. The summed E-state index contributed by atoms with van der Waals surface area (Å²) in [6, 6.07) is 0. The molecule has 1 aliphatic carbocycles. The van der Waals surface area contributed by atoms with Crippen molar-refractivity contribution in [2.45, 2.75) is 6.92 Å². The molecule has 2 atom stereocenters. The number of hydrogen-bond donors (Lipinski definition) is 1. The van der Waals surface area contributed by atoms with Gasteiger partial charge in [0.2, 0.25) is 0 Å². The van der Waals surface area contributed by atoms with Crippen LogP contribution in [0.2, 0.25) is 0 Å². The molecule has 2 aliphatic rings. The van der Waals surface area contributed by atoms with Gasteiger partial charge in [0.15, 0.2) is 0 Å². The lowest BCUT2D eigenvalue weighted by molar-refractivity contribution is -0.139. The van der Waals surface area contributed by atoms with E-state index in [0.717, 1.165) is 19.6 Å². The first kappa shape index (κ1) is 7.10. The maximum atomic E-state index is 10.6. The van der Waals surface area contributed by atoms with Gasteiger partial charge in [0.1, 0.15) is 0 Å². The van der Waals surface area contributed by atoms with Gasteiger partial charge in [0.05, 0.1) is 5.92 Å². The Morgan fingerprint density at radius 2 is 2.09 bits per heavy atom. The fourth-order valence-electron chi connectivity index (χ4n) is 2.24. The number of carbonyl (C=O) groups is 1. The van der Waals surface area contributed by atoms with Crippen LogP contribution in [0.4, 0.5) is 0 Å². The first-order valence-corrected chi connectivity index (χ1v) is 4.19. The summed E-state index contributed by atoms with van der Waals surface area (Å²) in [6.07, 6.45) is 0. The summed E-state index contributed by atoms with van der Waals surface area (Å²) in [5.41, 5.74) is 0. The maximum absolute atomic E-state index is 10.6. The van der Waals surface area contributed by atoms with Crippen molar-refractivity contribution in [1.82, 2.24) is 4.90 Å². The molecule has 1 saturated carbocycles. The van der Waals surface area contributed by atoms with Crippen LogP contribution in [0.5, 0.6) is 0 Å². The highest BCUT2D eigenvalue weighted by Gasteiger charge is 2.59. The molecule has 3 nitrogen and oxygen atoms in total. The number of likely N-dealkylation sites (tertiary alicyclic amines) is 1. The second-order valence-electron chi connectivity index (χ2n) is 3.54. The zero-order valence-electron chi connectivity index (χ0n) is 6.66. The molecule has 0 aromatic heterocycles. The topological polar surface area (TPSA) is 40.5 Å². The number of carboxylic acid groups (broad SMARTS) is 1. The Morgan fingerprint density at radius 1 is 1.55 bits per heavy atom.